The maximum absolute atomic E-state index is 13.6. The molecule has 4 N–H and O–H groups in total. The van der Waals surface area contributed by atoms with E-state index in [2.05, 4.69) is 20.9 Å². The van der Waals surface area contributed by atoms with Crippen molar-refractivity contribution in [3.63, 3.8) is 0 Å². The molecule has 0 saturated carbocycles. The number of benzene rings is 1. The largest absolute Gasteiger partial charge is 0.396 e. The highest BCUT2D eigenvalue weighted by Crippen LogP contribution is 2.32. The van der Waals surface area contributed by atoms with Crippen molar-refractivity contribution in [2.75, 3.05) is 11.5 Å². The Morgan fingerprint density at radius 1 is 1.27 bits per heavy atom. The molecule has 0 bridgehead atoms. The van der Waals surface area contributed by atoms with Crippen LogP contribution in [-0.2, 0) is 0 Å². The molecule has 1 aromatic heterocycles. The number of nitrogens with two attached hydrogens (primary N) is 2. The van der Waals surface area contributed by atoms with Crippen molar-refractivity contribution in [2.24, 2.45) is 0 Å². The maximum Gasteiger partial charge on any atom is 0.151 e. The number of fused-ring (bicyclic) bond motifs is 1. The second kappa shape index (κ2) is 3.30. The van der Waals surface area contributed by atoms with Gasteiger partial charge >= 0.3 is 0 Å². The molecule has 1 heterocycles. The van der Waals surface area contributed by atoms with Gasteiger partial charge in [0.25, 0.3) is 0 Å². The topological polar surface area (TPSA) is 64.9 Å². The van der Waals surface area contributed by atoms with Crippen LogP contribution in [0.1, 0.15) is 0 Å². The molecule has 15 heavy (non-hydrogen) atoms. The molecule has 0 aliphatic heterocycles. The normalized spacial score (nSPS) is 10.9. The van der Waals surface area contributed by atoms with Crippen molar-refractivity contribution in [3.05, 3.63) is 28.4 Å². The molecule has 0 spiro atoms. The Kier molecular flexibility index (Phi) is 2.22. The van der Waals surface area contributed by atoms with Gasteiger partial charge in [-0.25, -0.2) is 8.78 Å². The van der Waals surface area contributed by atoms with Crippen LogP contribution in [0.3, 0.4) is 0 Å². The van der Waals surface area contributed by atoms with E-state index in [9.17, 15) is 8.78 Å². The number of pyridine rings is 1. The summed E-state index contributed by atoms with van der Waals surface area (Å²) in [5, 5.41) is 0.0308. The molecular weight excluding hydrogens is 268 g/mol. The number of rotatable bonds is 0. The van der Waals surface area contributed by atoms with Crippen molar-refractivity contribution < 1.29 is 8.78 Å². The first-order chi connectivity index (χ1) is 7.02. The summed E-state index contributed by atoms with van der Waals surface area (Å²) in [6, 6.07) is 1.10. The van der Waals surface area contributed by atoms with E-state index in [1.165, 1.54) is 6.20 Å². The molecule has 0 fully saturated rings. The highest BCUT2D eigenvalue weighted by Gasteiger charge is 2.15. The zero-order valence-electron chi connectivity index (χ0n) is 7.39. The predicted octanol–water partition coefficient (Wildman–Crippen LogP) is 2.44. The van der Waals surface area contributed by atoms with Gasteiger partial charge in [0.05, 0.1) is 32.9 Å². The average molecular weight is 274 g/mol. The summed E-state index contributed by atoms with van der Waals surface area (Å²) in [5.74, 6) is -1.51. The standard InChI is InChI=1S/C9H6BrF2N3/c10-7-3(11)1-5-6(8(7)12)9(14)4(13)2-15-5/h1-2H,13H2,(H2,14,15). The number of nitrogens with zero attached hydrogens (tertiary/aromatic N) is 1. The molecule has 0 aliphatic carbocycles. The lowest BCUT2D eigenvalue weighted by Gasteiger charge is -2.07. The third-order valence-electron chi connectivity index (χ3n) is 2.06. The fourth-order valence-corrected chi connectivity index (χ4v) is 1.61. The zero-order valence-corrected chi connectivity index (χ0v) is 8.98. The summed E-state index contributed by atoms with van der Waals surface area (Å²) in [6.45, 7) is 0. The molecule has 1 aromatic carbocycles. The fraction of sp³-hybridized carbons (Fsp3) is 0. The van der Waals surface area contributed by atoms with Crippen LogP contribution in [0.5, 0.6) is 0 Å². The van der Waals surface area contributed by atoms with E-state index in [0.29, 0.717) is 0 Å². The van der Waals surface area contributed by atoms with E-state index in [1.54, 1.807) is 0 Å². The lowest BCUT2D eigenvalue weighted by molar-refractivity contribution is 0.580. The van der Waals surface area contributed by atoms with Crippen LogP contribution in [0.2, 0.25) is 0 Å². The lowest BCUT2D eigenvalue weighted by atomic mass is 10.1. The van der Waals surface area contributed by atoms with Crippen LogP contribution in [0, 0.1) is 11.6 Å². The van der Waals surface area contributed by atoms with E-state index in [1.807, 2.05) is 0 Å². The maximum atomic E-state index is 13.6. The quantitative estimate of drug-likeness (QED) is 0.725. The Morgan fingerprint density at radius 3 is 2.60 bits per heavy atom. The number of anilines is 2. The monoisotopic (exact) mass is 273 g/mol. The highest BCUT2D eigenvalue weighted by molar-refractivity contribution is 9.10. The average Bonchev–Trinajstić information content (AvgIpc) is 2.20. The van der Waals surface area contributed by atoms with Gasteiger partial charge in [-0.2, -0.15) is 0 Å². The Morgan fingerprint density at radius 2 is 1.93 bits per heavy atom. The Bertz CT molecular complexity index is 557. The van der Waals surface area contributed by atoms with Crippen molar-refractivity contribution in [3.8, 4) is 0 Å². The number of halogens is 3. The van der Waals surface area contributed by atoms with Crippen LogP contribution in [-0.4, -0.2) is 4.98 Å². The Labute approximate surface area is 92.2 Å². The molecule has 78 valence electrons. The second-order valence-corrected chi connectivity index (χ2v) is 3.80. The molecule has 2 aromatic rings. The minimum absolute atomic E-state index is 0.0308. The first kappa shape index (κ1) is 10.1. The summed E-state index contributed by atoms with van der Waals surface area (Å²) in [7, 11) is 0. The van der Waals surface area contributed by atoms with E-state index in [-0.39, 0.29) is 26.8 Å². The predicted molar refractivity (Wildman–Crippen MR) is 58.2 cm³/mol. The van der Waals surface area contributed by atoms with Gasteiger partial charge in [-0.1, -0.05) is 0 Å². The van der Waals surface area contributed by atoms with E-state index < -0.39 is 11.6 Å². The van der Waals surface area contributed by atoms with Gasteiger partial charge in [0, 0.05) is 6.07 Å². The number of nitrogen functional groups attached to an aromatic ring is 2. The molecule has 0 radical (unpaired) electrons. The van der Waals surface area contributed by atoms with Crippen LogP contribution >= 0.6 is 15.9 Å². The molecule has 2 rings (SSSR count). The number of hydrogen-bond acceptors (Lipinski definition) is 3. The van der Waals surface area contributed by atoms with Crippen LogP contribution < -0.4 is 11.5 Å². The van der Waals surface area contributed by atoms with Gasteiger partial charge in [-0.05, 0) is 15.9 Å². The highest BCUT2D eigenvalue weighted by atomic mass is 79.9. The summed E-state index contributed by atoms with van der Waals surface area (Å²) < 4.78 is 26.5. The van der Waals surface area contributed by atoms with Crippen LogP contribution in [0.15, 0.2) is 16.7 Å². The number of aromatic nitrogens is 1. The molecule has 0 amide bonds. The van der Waals surface area contributed by atoms with Gasteiger partial charge in [0.2, 0.25) is 0 Å². The third kappa shape index (κ3) is 1.41. The van der Waals surface area contributed by atoms with Crippen LogP contribution in [0.4, 0.5) is 20.2 Å². The zero-order chi connectivity index (χ0) is 11.2. The van der Waals surface area contributed by atoms with E-state index >= 15 is 0 Å². The molecule has 0 aliphatic rings. The second-order valence-electron chi connectivity index (χ2n) is 3.01. The van der Waals surface area contributed by atoms with Gasteiger partial charge in [-0.3, -0.25) is 4.98 Å². The molecule has 6 heteroatoms. The molecular formula is C9H6BrF2N3. The summed E-state index contributed by atoms with van der Waals surface area (Å²) in [4.78, 5) is 3.80. The molecule has 0 saturated heterocycles. The van der Waals surface area contributed by atoms with Gasteiger partial charge in [-0.15, -0.1) is 0 Å². The fourth-order valence-electron chi connectivity index (χ4n) is 1.29. The molecule has 3 nitrogen and oxygen atoms in total. The molecule has 0 atom stereocenters. The molecule has 0 unspecified atom stereocenters. The van der Waals surface area contributed by atoms with Crippen molar-refractivity contribution in [1.82, 2.24) is 4.98 Å². The van der Waals surface area contributed by atoms with Crippen molar-refractivity contribution >= 4 is 38.2 Å². The van der Waals surface area contributed by atoms with Crippen molar-refractivity contribution in [1.29, 1.82) is 0 Å². The van der Waals surface area contributed by atoms with Gasteiger partial charge in [0.15, 0.2) is 5.82 Å². The van der Waals surface area contributed by atoms with Gasteiger partial charge in [0.1, 0.15) is 5.82 Å². The minimum Gasteiger partial charge on any atom is -0.396 e. The Hall–Kier alpha value is -1.43. The first-order valence-corrected chi connectivity index (χ1v) is 4.79. The van der Waals surface area contributed by atoms with Gasteiger partial charge < -0.3 is 11.5 Å². The minimum atomic E-state index is -0.790. The third-order valence-corrected chi connectivity index (χ3v) is 2.79. The summed E-state index contributed by atoms with van der Waals surface area (Å²) in [5.41, 5.74) is 11.4. The van der Waals surface area contributed by atoms with E-state index in [4.69, 9.17) is 11.5 Å². The summed E-state index contributed by atoms with van der Waals surface area (Å²) >= 11 is 2.78. The Balaban J connectivity index is 3.00. The SMILES string of the molecule is Nc1cnc2cc(F)c(Br)c(F)c2c1N. The summed E-state index contributed by atoms with van der Waals surface area (Å²) in [6.07, 6.45) is 1.27. The van der Waals surface area contributed by atoms with Crippen LogP contribution in [0.25, 0.3) is 10.9 Å². The number of hydrogen-bond donors (Lipinski definition) is 2. The van der Waals surface area contributed by atoms with E-state index in [0.717, 1.165) is 6.07 Å². The lowest BCUT2D eigenvalue weighted by Crippen LogP contribution is -2.00. The smallest absolute Gasteiger partial charge is 0.151 e. The first-order valence-electron chi connectivity index (χ1n) is 3.99. The van der Waals surface area contributed by atoms with Crippen molar-refractivity contribution in [2.45, 2.75) is 0 Å².